The molecule has 144 valence electrons. The van der Waals surface area contributed by atoms with Gasteiger partial charge in [0.25, 0.3) is 0 Å². The van der Waals surface area contributed by atoms with E-state index in [9.17, 15) is 0 Å². The highest BCUT2D eigenvalue weighted by Gasteiger charge is 2.59. The summed E-state index contributed by atoms with van der Waals surface area (Å²) in [6.45, 7) is 9.11. The smallest absolute Gasteiger partial charge is 0.193 e. The second kappa shape index (κ2) is 8.23. The maximum Gasteiger partial charge on any atom is 0.193 e. The van der Waals surface area contributed by atoms with Gasteiger partial charge >= 0.3 is 0 Å². The molecule has 3 aliphatic rings. The van der Waals surface area contributed by atoms with Crippen molar-refractivity contribution in [3.8, 4) is 0 Å². The number of aliphatic imine (C=N–C) groups is 1. The van der Waals surface area contributed by atoms with Crippen molar-refractivity contribution >= 4 is 5.96 Å². The van der Waals surface area contributed by atoms with Crippen LogP contribution < -0.4 is 5.32 Å². The Labute approximate surface area is 152 Å². The van der Waals surface area contributed by atoms with E-state index in [0.717, 1.165) is 58.1 Å². The minimum Gasteiger partial charge on any atom is -0.385 e. The van der Waals surface area contributed by atoms with Crippen molar-refractivity contribution < 1.29 is 14.2 Å². The number of guanidine groups is 1. The van der Waals surface area contributed by atoms with E-state index in [1.807, 2.05) is 7.05 Å². The molecule has 0 radical (unpaired) electrons. The Hall–Kier alpha value is -0.850. The lowest BCUT2D eigenvalue weighted by Crippen LogP contribution is -2.68. The van der Waals surface area contributed by atoms with E-state index in [1.54, 1.807) is 7.11 Å². The fraction of sp³-hybridized carbons (Fsp3) is 0.947. The average Bonchev–Trinajstić information content (AvgIpc) is 3.07. The number of methoxy groups -OCH3 is 1. The number of piperidine rings is 1. The van der Waals surface area contributed by atoms with Crippen molar-refractivity contribution in [1.82, 2.24) is 10.2 Å². The van der Waals surface area contributed by atoms with Gasteiger partial charge < -0.3 is 24.4 Å². The largest absolute Gasteiger partial charge is 0.385 e. The molecule has 0 aromatic rings. The van der Waals surface area contributed by atoms with Crippen molar-refractivity contribution in [2.45, 2.75) is 57.8 Å². The molecule has 1 saturated carbocycles. The van der Waals surface area contributed by atoms with Crippen molar-refractivity contribution in [3.05, 3.63) is 0 Å². The molecule has 0 amide bonds. The third-order valence-electron chi connectivity index (χ3n) is 6.18. The van der Waals surface area contributed by atoms with Crippen LogP contribution in [0.25, 0.3) is 0 Å². The first-order valence-electron chi connectivity index (χ1n) is 9.78. The van der Waals surface area contributed by atoms with Crippen LogP contribution >= 0.6 is 0 Å². The lowest BCUT2D eigenvalue weighted by Gasteiger charge is -2.55. The summed E-state index contributed by atoms with van der Waals surface area (Å²) in [6, 6.07) is 0.460. The van der Waals surface area contributed by atoms with Gasteiger partial charge in [0.2, 0.25) is 0 Å². The van der Waals surface area contributed by atoms with Gasteiger partial charge in [-0.15, -0.1) is 0 Å². The Morgan fingerprint density at radius 2 is 2.00 bits per heavy atom. The molecule has 25 heavy (non-hydrogen) atoms. The molecule has 3 fully saturated rings. The maximum absolute atomic E-state index is 5.97. The second-order valence-corrected chi connectivity index (χ2v) is 8.14. The van der Waals surface area contributed by atoms with E-state index < -0.39 is 0 Å². The molecule has 2 aliphatic heterocycles. The van der Waals surface area contributed by atoms with E-state index in [-0.39, 0.29) is 5.41 Å². The molecule has 0 spiro atoms. The summed E-state index contributed by atoms with van der Waals surface area (Å²) in [5.74, 6) is 1.68. The van der Waals surface area contributed by atoms with Crippen LogP contribution in [0.3, 0.4) is 0 Å². The molecule has 3 rings (SSSR count). The first kappa shape index (κ1) is 18.9. The molecule has 6 heteroatoms. The van der Waals surface area contributed by atoms with Crippen molar-refractivity contribution in [2.75, 3.05) is 47.1 Å². The molecule has 3 unspecified atom stereocenters. The SMILES string of the molecule is CN=C(NC1C2CCOC2C1(C)C)N1CCC(OCCCOC)CC1. The zero-order valence-corrected chi connectivity index (χ0v) is 16.3. The summed E-state index contributed by atoms with van der Waals surface area (Å²) in [6.07, 6.45) is 5.06. The third-order valence-corrected chi connectivity index (χ3v) is 6.18. The van der Waals surface area contributed by atoms with E-state index in [1.165, 1.54) is 6.42 Å². The molecule has 0 bridgehead atoms. The van der Waals surface area contributed by atoms with Gasteiger partial charge in [0.05, 0.1) is 12.2 Å². The Morgan fingerprint density at radius 1 is 1.24 bits per heavy atom. The van der Waals surface area contributed by atoms with Crippen LogP contribution in [-0.2, 0) is 14.2 Å². The van der Waals surface area contributed by atoms with Gasteiger partial charge in [0.15, 0.2) is 5.96 Å². The van der Waals surface area contributed by atoms with E-state index in [4.69, 9.17) is 14.2 Å². The summed E-state index contributed by atoms with van der Waals surface area (Å²) in [4.78, 5) is 6.94. The summed E-state index contributed by atoms with van der Waals surface area (Å²) in [5, 5.41) is 3.75. The van der Waals surface area contributed by atoms with Crippen LogP contribution in [-0.4, -0.2) is 76.2 Å². The normalized spacial score (nSPS) is 32.4. The van der Waals surface area contributed by atoms with Gasteiger partial charge in [-0.2, -0.15) is 0 Å². The van der Waals surface area contributed by atoms with Crippen molar-refractivity contribution in [1.29, 1.82) is 0 Å². The minimum atomic E-state index is 0.180. The number of hydrogen-bond acceptors (Lipinski definition) is 4. The van der Waals surface area contributed by atoms with E-state index in [2.05, 4.69) is 29.1 Å². The molecule has 6 nitrogen and oxygen atoms in total. The van der Waals surface area contributed by atoms with Crippen molar-refractivity contribution in [2.24, 2.45) is 16.3 Å². The third kappa shape index (κ3) is 3.96. The van der Waals surface area contributed by atoms with Gasteiger partial charge in [-0.3, -0.25) is 4.99 Å². The van der Waals surface area contributed by atoms with Gasteiger partial charge in [0.1, 0.15) is 0 Å². The molecule has 0 aromatic carbocycles. The Balaban J connectivity index is 1.45. The number of hydrogen-bond donors (Lipinski definition) is 1. The highest BCUT2D eigenvalue weighted by Crippen LogP contribution is 2.52. The highest BCUT2D eigenvalue weighted by atomic mass is 16.5. The summed E-state index contributed by atoms with van der Waals surface area (Å²) in [5.41, 5.74) is 0.180. The Kier molecular flexibility index (Phi) is 6.23. The lowest BCUT2D eigenvalue weighted by molar-refractivity contribution is -0.107. The lowest BCUT2D eigenvalue weighted by atomic mass is 9.57. The molecule has 3 atom stereocenters. The highest BCUT2D eigenvalue weighted by molar-refractivity contribution is 5.80. The predicted molar refractivity (Wildman–Crippen MR) is 99.0 cm³/mol. The van der Waals surface area contributed by atoms with E-state index in [0.29, 0.717) is 24.2 Å². The monoisotopic (exact) mass is 353 g/mol. The van der Waals surface area contributed by atoms with Gasteiger partial charge in [-0.1, -0.05) is 13.8 Å². The number of nitrogens with one attached hydrogen (secondary N) is 1. The fourth-order valence-electron chi connectivity index (χ4n) is 4.74. The van der Waals surface area contributed by atoms with Gasteiger partial charge in [-0.05, 0) is 25.7 Å². The maximum atomic E-state index is 5.97. The molecule has 0 aromatic heterocycles. The number of ether oxygens (including phenoxy) is 3. The first-order valence-corrected chi connectivity index (χ1v) is 9.78. The van der Waals surface area contributed by atoms with Crippen LogP contribution in [0.4, 0.5) is 0 Å². The van der Waals surface area contributed by atoms with Crippen LogP contribution in [0.15, 0.2) is 4.99 Å². The van der Waals surface area contributed by atoms with Crippen LogP contribution in [0.2, 0.25) is 0 Å². The molecular weight excluding hydrogens is 318 g/mol. The number of likely N-dealkylation sites (tertiary alicyclic amines) is 1. The zero-order chi connectivity index (χ0) is 17.9. The van der Waals surface area contributed by atoms with Gasteiger partial charge in [0, 0.05) is 64.4 Å². The summed E-state index contributed by atoms with van der Waals surface area (Å²) in [7, 11) is 3.63. The Morgan fingerprint density at radius 3 is 2.68 bits per heavy atom. The first-order chi connectivity index (χ1) is 12.1. The second-order valence-electron chi connectivity index (χ2n) is 8.14. The van der Waals surface area contributed by atoms with Crippen LogP contribution in [0.5, 0.6) is 0 Å². The quantitative estimate of drug-likeness (QED) is 0.449. The Bertz CT molecular complexity index is 461. The molecular formula is C19H35N3O3. The number of rotatable bonds is 6. The van der Waals surface area contributed by atoms with E-state index >= 15 is 0 Å². The number of nitrogens with zero attached hydrogens (tertiary/aromatic N) is 2. The zero-order valence-electron chi connectivity index (χ0n) is 16.3. The van der Waals surface area contributed by atoms with Crippen LogP contribution in [0.1, 0.15) is 39.5 Å². The minimum absolute atomic E-state index is 0.180. The number of fused-ring (bicyclic) bond motifs is 1. The molecule has 2 saturated heterocycles. The molecule has 1 aliphatic carbocycles. The fourth-order valence-corrected chi connectivity index (χ4v) is 4.74. The molecule has 1 N–H and O–H groups in total. The summed E-state index contributed by atoms with van der Waals surface area (Å²) >= 11 is 0. The molecule has 2 heterocycles. The standard InChI is InChI=1S/C19H35N3O3/c1-19(2)16(15-8-13-25-17(15)19)21-18(20-3)22-9-6-14(7-10-22)24-12-5-11-23-4/h14-17H,5-13H2,1-4H3,(H,20,21). The van der Waals surface area contributed by atoms with Crippen molar-refractivity contribution in [3.63, 3.8) is 0 Å². The summed E-state index contributed by atoms with van der Waals surface area (Å²) < 4.78 is 16.9. The van der Waals surface area contributed by atoms with Gasteiger partial charge in [-0.25, -0.2) is 0 Å². The van der Waals surface area contributed by atoms with Crippen LogP contribution in [0, 0.1) is 11.3 Å². The topological polar surface area (TPSA) is 55.3 Å². The predicted octanol–water partition coefficient (Wildman–Crippen LogP) is 1.89. The average molecular weight is 354 g/mol.